The molecule has 1 heterocycles. The lowest BCUT2D eigenvalue weighted by Gasteiger charge is -2.02. The smallest absolute Gasteiger partial charge is 0.119 e. The van der Waals surface area contributed by atoms with Gasteiger partial charge in [-0.25, -0.2) is 4.68 Å². The number of rotatable bonds is 7. The van der Waals surface area contributed by atoms with Gasteiger partial charge in [0.2, 0.25) is 0 Å². The highest BCUT2D eigenvalue weighted by molar-refractivity contribution is 5.36. The highest BCUT2D eigenvalue weighted by Gasteiger charge is 2.03. The molecule has 0 N–H and O–H groups in total. The topological polar surface area (TPSA) is 49.2 Å². The molecule has 5 nitrogen and oxygen atoms in total. The fourth-order valence-electron chi connectivity index (χ4n) is 1.65. The number of ether oxygens (including phenoxy) is 2. The van der Waals surface area contributed by atoms with Crippen molar-refractivity contribution < 1.29 is 9.47 Å². The quantitative estimate of drug-likeness (QED) is 0.719. The van der Waals surface area contributed by atoms with E-state index in [0.29, 0.717) is 6.61 Å². The van der Waals surface area contributed by atoms with E-state index in [4.69, 9.17) is 9.47 Å². The van der Waals surface area contributed by atoms with Crippen molar-refractivity contribution in [3.8, 4) is 11.4 Å². The van der Waals surface area contributed by atoms with Crippen molar-refractivity contribution in [1.82, 2.24) is 15.0 Å². The summed E-state index contributed by atoms with van der Waals surface area (Å²) in [5, 5.41) is 8.18. The Balaban J connectivity index is 1.95. The minimum absolute atomic E-state index is 0.510. The van der Waals surface area contributed by atoms with Gasteiger partial charge in [-0.05, 0) is 30.7 Å². The molecule has 5 heteroatoms. The van der Waals surface area contributed by atoms with Gasteiger partial charge in [-0.3, -0.25) is 0 Å². The molecule has 0 aliphatic heterocycles. The first-order valence-electron chi connectivity index (χ1n) is 6.47. The average Bonchev–Trinajstić information content (AvgIpc) is 2.92. The van der Waals surface area contributed by atoms with Crippen LogP contribution in [-0.4, -0.2) is 28.7 Å². The number of unbranched alkanes of at least 4 members (excludes halogenated alkanes) is 1. The first-order chi connectivity index (χ1) is 9.33. The molecule has 1 aromatic carbocycles. The Morgan fingerprint density at radius 1 is 1.21 bits per heavy atom. The van der Waals surface area contributed by atoms with Crippen LogP contribution < -0.4 is 4.74 Å². The van der Waals surface area contributed by atoms with Crippen molar-refractivity contribution in [1.29, 1.82) is 0 Å². The lowest BCUT2D eigenvalue weighted by Crippen LogP contribution is -1.95. The van der Waals surface area contributed by atoms with E-state index >= 15 is 0 Å². The highest BCUT2D eigenvalue weighted by atomic mass is 16.5. The molecule has 0 bridgehead atoms. The maximum absolute atomic E-state index is 5.51. The van der Waals surface area contributed by atoms with E-state index in [-0.39, 0.29) is 0 Å². The Morgan fingerprint density at radius 2 is 2.00 bits per heavy atom. The Morgan fingerprint density at radius 3 is 2.68 bits per heavy atom. The molecular formula is C14H19N3O2. The summed E-state index contributed by atoms with van der Waals surface area (Å²) >= 11 is 0. The summed E-state index contributed by atoms with van der Waals surface area (Å²) in [5.41, 5.74) is 1.79. The van der Waals surface area contributed by atoms with Gasteiger partial charge >= 0.3 is 0 Å². The zero-order valence-corrected chi connectivity index (χ0v) is 11.4. The van der Waals surface area contributed by atoms with Crippen molar-refractivity contribution in [2.75, 3.05) is 13.7 Å². The summed E-state index contributed by atoms with van der Waals surface area (Å²) in [7, 11) is 1.65. The second-order valence-electron chi connectivity index (χ2n) is 4.26. The van der Waals surface area contributed by atoms with Crippen LogP contribution in [0.2, 0.25) is 0 Å². The predicted octanol–water partition coefficient (Wildman–Crippen LogP) is 2.59. The summed E-state index contributed by atoms with van der Waals surface area (Å²) in [4.78, 5) is 0. The number of nitrogens with zero attached hydrogens (tertiary/aromatic N) is 3. The van der Waals surface area contributed by atoms with Gasteiger partial charge in [0.15, 0.2) is 0 Å². The van der Waals surface area contributed by atoms with E-state index in [2.05, 4.69) is 17.2 Å². The van der Waals surface area contributed by atoms with E-state index in [1.807, 2.05) is 30.5 Å². The molecule has 102 valence electrons. The third kappa shape index (κ3) is 3.79. The fraction of sp³-hybridized carbons (Fsp3) is 0.429. The van der Waals surface area contributed by atoms with Crippen LogP contribution in [0.25, 0.3) is 5.69 Å². The molecule has 0 unspecified atom stereocenters. The number of benzene rings is 1. The molecule has 0 aliphatic rings. The molecule has 0 spiro atoms. The third-order valence-corrected chi connectivity index (χ3v) is 2.77. The number of hydrogen-bond donors (Lipinski definition) is 0. The van der Waals surface area contributed by atoms with Gasteiger partial charge in [0.05, 0.1) is 25.6 Å². The van der Waals surface area contributed by atoms with Gasteiger partial charge < -0.3 is 9.47 Å². The van der Waals surface area contributed by atoms with Crippen LogP contribution in [0.4, 0.5) is 0 Å². The first kappa shape index (κ1) is 13.5. The highest BCUT2D eigenvalue weighted by Crippen LogP contribution is 2.14. The first-order valence-corrected chi connectivity index (χ1v) is 6.47. The van der Waals surface area contributed by atoms with Gasteiger partial charge in [-0.2, -0.15) is 0 Å². The summed E-state index contributed by atoms with van der Waals surface area (Å²) in [6, 6.07) is 7.67. The van der Waals surface area contributed by atoms with E-state index < -0.39 is 0 Å². The second kappa shape index (κ2) is 6.89. The lowest BCUT2D eigenvalue weighted by atomic mass is 10.3. The Kier molecular flexibility index (Phi) is 4.92. The molecule has 2 aromatic rings. The monoisotopic (exact) mass is 261 g/mol. The molecule has 0 radical (unpaired) electrons. The van der Waals surface area contributed by atoms with Crippen LogP contribution in [0.3, 0.4) is 0 Å². The van der Waals surface area contributed by atoms with Gasteiger partial charge in [-0.15, -0.1) is 5.10 Å². The van der Waals surface area contributed by atoms with Crippen molar-refractivity contribution in [2.24, 2.45) is 0 Å². The Hall–Kier alpha value is -1.88. The van der Waals surface area contributed by atoms with E-state index in [1.165, 1.54) is 0 Å². The zero-order valence-electron chi connectivity index (χ0n) is 11.4. The lowest BCUT2D eigenvalue weighted by molar-refractivity contribution is 0.115. The Bertz CT molecular complexity index is 494. The second-order valence-corrected chi connectivity index (χ2v) is 4.26. The zero-order chi connectivity index (χ0) is 13.5. The van der Waals surface area contributed by atoms with E-state index in [1.54, 1.807) is 11.8 Å². The standard InChI is InChI=1S/C14H19N3O2/c1-3-4-9-19-11-12-10-17(16-15-12)13-5-7-14(18-2)8-6-13/h5-8,10H,3-4,9,11H2,1-2H3. The minimum atomic E-state index is 0.510. The molecule has 0 saturated carbocycles. The molecule has 1 aromatic heterocycles. The number of methoxy groups -OCH3 is 1. The molecule has 0 fully saturated rings. The molecule has 0 atom stereocenters. The van der Waals surface area contributed by atoms with Crippen LogP contribution in [0.5, 0.6) is 5.75 Å². The normalized spacial score (nSPS) is 10.6. The van der Waals surface area contributed by atoms with Gasteiger partial charge in [0.1, 0.15) is 11.4 Å². The molecule has 0 aliphatic carbocycles. The predicted molar refractivity (Wildman–Crippen MR) is 72.5 cm³/mol. The maximum atomic E-state index is 5.51. The van der Waals surface area contributed by atoms with E-state index in [0.717, 1.165) is 36.6 Å². The van der Waals surface area contributed by atoms with Crippen molar-refractivity contribution in [2.45, 2.75) is 26.4 Å². The van der Waals surface area contributed by atoms with Crippen molar-refractivity contribution in [3.63, 3.8) is 0 Å². The van der Waals surface area contributed by atoms with Crippen LogP contribution in [0.1, 0.15) is 25.5 Å². The average molecular weight is 261 g/mol. The minimum Gasteiger partial charge on any atom is -0.497 e. The van der Waals surface area contributed by atoms with Gasteiger partial charge in [0.25, 0.3) is 0 Å². The van der Waals surface area contributed by atoms with Crippen LogP contribution in [-0.2, 0) is 11.3 Å². The van der Waals surface area contributed by atoms with Crippen LogP contribution in [0.15, 0.2) is 30.5 Å². The number of aromatic nitrogens is 3. The third-order valence-electron chi connectivity index (χ3n) is 2.77. The van der Waals surface area contributed by atoms with Crippen molar-refractivity contribution in [3.05, 3.63) is 36.2 Å². The summed E-state index contributed by atoms with van der Waals surface area (Å²) in [6.07, 6.45) is 4.10. The van der Waals surface area contributed by atoms with E-state index in [9.17, 15) is 0 Å². The fourth-order valence-corrected chi connectivity index (χ4v) is 1.65. The Labute approximate surface area is 113 Å². The van der Waals surface area contributed by atoms with Crippen LogP contribution >= 0.6 is 0 Å². The number of hydrogen-bond acceptors (Lipinski definition) is 4. The molecular weight excluding hydrogens is 242 g/mol. The largest absolute Gasteiger partial charge is 0.497 e. The molecule has 0 saturated heterocycles. The van der Waals surface area contributed by atoms with Gasteiger partial charge in [0, 0.05) is 6.61 Å². The SMILES string of the molecule is CCCCOCc1cn(-c2ccc(OC)cc2)nn1. The summed E-state index contributed by atoms with van der Waals surface area (Å²) < 4.78 is 12.4. The van der Waals surface area contributed by atoms with Gasteiger partial charge in [-0.1, -0.05) is 18.6 Å². The molecule has 0 amide bonds. The van der Waals surface area contributed by atoms with Crippen molar-refractivity contribution >= 4 is 0 Å². The maximum Gasteiger partial charge on any atom is 0.119 e. The molecule has 19 heavy (non-hydrogen) atoms. The van der Waals surface area contributed by atoms with Crippen LogP contribution in [0, 0.1) is 0 Å². The summed E-state index contributed by atoms with van der Waals surface area (Å²) in [6.45, 7) is 3.42. The molecule has 2 rings (SSSR count). The summed E-state index contributed by atoms with van der Waals surface area (Å²) in [5.74, 6) is 0.826.